The summed E-state index contributed by atoms with van der Waals surface area (Å²) < 4.78 is 39.8. The van der Waals surface area contributed by atoms with Crippen molar-refractivity contribution in [1.29, 1.82) is 0 Å². The van der Waals surface area contributed by atoms with E-state index in [-0.39, 0.29) is 10.9 Å². The largest absolute Gasteiger partial charge is 0.433 e. The fourth-order valence-electron chi connectivity index (χ4n) is 2.61. The van der Waals surface area contributed by atoms with Gasteiger partial charge < -0.3 is 0 Å². The van der Waals surface area contributed by atoms with Crippen LogP contribution in [0.3, 0.4) is 0 Å². The van der Waals surface area contributed by atoms with Crippen molar-refractivity contribution in [1.82, 2.24) is 4.98 Å². The molecule has 128 valence electrons. The first-order valence-corrected chi connectivity index (χ1v) is 9.50. The number of aryl methyl sites for hydroxylation is 1. The number of carbonyl (C=O) groups is 1. The first-order valence-electron chi connectivity index (χ1n) is 6.95. The minimum atomic E-state index is -4.54. The number of fused-ring (bicyclic) bond motifs is 3. The topological polar surface area (TPSA) is 54.7 Å². The summed E-state index contributed by atoms with van der Waals surface area (Å²) in [6, 6.07) is 2.78. The van der Waals surface area contributed by atoms with Crippen LogP contribution in [-0.2, 0) is 11.0 Å². The number of pyridine rings is 1. The van der Waals surface area contributed by atoms with Crippen LogP contribution >= 0.6 is 39.0 Å². The van der Waals surface area contributed by atoms with E-state index in [4.69, 9.17) is 0 Å². The van der Waals surface area contributed by atoms with Gasteiger partial charge in [-0.1, -0.05) is 11.8 Å². The highest BCUT2D eigenvalue weighted by Crippen LogP contribution is 2.42. The molecule has 2 aromatic rings. The van der Waals surface area contributed by atoms with Crippen molar-refractivity contribution in [3.05, 3.63) is 43.7 Å². The Morgan fingerprint density at radius 2 is 2.00 bits per heavy atom. The zero-order valence-corrected chi connectivity index (χ0v) is 15.6. The van der Waals surface area contributed by atoms with Gasteiger partial charge in [0.2, 0.25) is 0 Å². The summed E-state index contributed by atoms with van der Waals surface area (Å²) in [5.74, 6) is -0.153. The molecule has 0 saturated heterocycles. The third-order valence-corrected chi connectivity index (χ3v) is 6.53. The number of aliphatic imine (C=N–C) groups is 2. The van der Waals surface area contributed by atoms with Crippen LogP contribution in [0.4, 0.5) is 13.2 Å². The van der Waals surface area contributed by atoms with Gasteiger partial charge >= 0.3 is 6.18 Å². The molecule has 2 aromatic heterocycles. The minimum Gasteiger partial charge on any atom is -0.271 e. The summed E-state index contributed by atoms with van der Waals surface area (Å²) in [4.78, 5) is 25.3. The Hall–Kier alpha value is -1.52. The second-order valence-electron chi connectivity index (χ2n) is 5.40. The Bertz CT molecular complexity index is 981. The number of amidine groups is 1. The standard InChI is InChI=1S/C15H7BrF3N3OS2/c1-5-2-8(15(17,18)19)20-14-9(5)10-11(25-14)13(23)22-12(21-10)7-3-6(16)4-24-7/h2-4,11H,1H3. The van der Waals surface area contributed by atoms with Crippen LogP contribution in [0.2, 0.25) is 0 Å². The second-order valence-corrected chi connectivity index (χ2v) is 8.32. The Kier molecular flexibility index (Phi) is 3.89. The SMILES string of the molecule is Cc1cc(C(F)(F)F)nc2c1C1=NC(c3cc(Br)cs3)=NC(=O)C1S2. The highest BCUT2D eigenvalue weighted by molar-refractivity contribution is 9.10. The first-order chi connectivity index (χ1) is 11.7. The quantitative estimate of drug-likeness (QED) is 0.649. The molecule has 0 N–H and O–H groups in total. The molecule has 1 unspecified atom stereocenters. The average Bonchev–Trinajstić information content (AvgIpc) is 3.10. The molecule has 4 heterocycles. The maximum Gasteiger partial charge on any atom is 0.433 e. The zero-order valence-electron chi connectivity index (χ0n) is 12.4. The fourth-order valence-corrected chi connectivity index (χ4v) is 5.16. The third kappa shape index (κ3) is 2.85. The molecule has 10 heteroatoms. The van der Waals surface area contributed by atoms with E-state index in [9.17, 15) is 18.0 Å². The fraction of sp³-hybridized carbons (Fsp3) is 0.200. The molecule has 1 amide bonds. The molecule has 0 bridgehead atoms. The molecule has 2 aliphatic heterocycles. The maximum atomic E-state index is 13.0. The highest BCUT2D eigenvalue weighted by atomic mass is 79.9. The van der Waals surface area contributed by atoms with Gasteiger partial charge in [-0.2, -0.15) is 18.2 Å². The van der Waals surface area contributed by atoms with E-state index in [2.05, 4.69) is 30.9 Å². The van der Waals surface area contributed by atoms with E-state index < -0.39 is 23.0 Å². The molecule has 0 spiro atoms. The number of nitrogens with zero attached hydrogens (tertiary/aromatic N) is 3. The third-order valence-electron chi connectivity index (χ3n) is 3.66. The van der Waals surface area contributed by atoms with Gasteiger partial charge in [-0.3, -0.25) is 4.79 Å². The first kappa shape index (κ1) is 16.9. The van der Waals surface area contributed by atoms with E-state index in [0.717, 1.165) is 22.3 Å². The number of hydrogen-bond acceptors (Lipinski definition) is 5. The number of rotatable bonds is 1. The Labute approximate surface area is 156 Å². The molecule has 4 rings (SSSR count). The number of alkyl halides is 3. The molecule has 2 aliphatic rings. The predicted octanol–water partition coefficient (Wildman–Crippen LogP) is 4.48. The van der Waals surface area contributed by atoms with Crippen LogP contribution < -0.4 is 0 Å². The van der Waals surface area contributed by atoms with Crippen LogP contribution in [0.1, 0.15) is 21.7 Å². The monoisotopic (exact) mass is 445 g/mol. The second kappa shape index (κ2) is 5.75. The summed E-state index contributed by atoms with van der Waals surface area (Å²) in [7, 11) is 0. The van der Waals surface area contributed by atoms with Crippen molar-refractivity contribution in [3.8, 4) is 0 Å². The van der Waals surface area contributed by atoms with E-state index in [1.165, 1.54) is 11.3 Å². The van der Waals surface area contributed by atoms with Crippen molar-refractivity contribution in [2.24, 2.45) is 9.98 Å². The van der Waals surface area contributed by atoms with E-state index >= 15 is 0 Å². The van der Waals surface area contributed by atoms with E-state index in [1.807, 2.05) is 5.38 Å². The van der Waals surface area contributed by atoms with Crippen molar-refractivity contribution in [2.45, 2.75) is 23.4 Å². The molecular weight excluding hydrogens is 439 g/mol. The van der Waals surface area contributed by atoms with Crippen molar-refractivity contribution in [3.63, 3.8) is 0 Å². The number of halogens is 4. The van der Waals surface area contributed by atoms with Crippen LogP contribution in [0.25, 0.3) is 0 Å². The number of amides is 1. The van der Waals surface area contributed by atoms with E-state index in [0.29, 0.717) is 21.7 Å². The van der Waals surface area contributed by atoms with Crippen LogP contribution in [-0.4, -0.2) is 27.7 Å². The lowest BCUT2D eigenvalue weighted by Gasteiger charge is -2.13. The lowest BCUT2D eigenvalue weighted by Crippen LogP contribution is -2.29. The normalized spacial score (nSPS) is 19.4. The summed E-state index contributed by atoms with van der Waals surface area (Å²) >= 11 is 5.68. The molecule has 25 heavy (non-hydrogen) atoms. The van der Waals surface area contributed by atoms with Crippen molar-refractivity contribution >= 4 is 56.5 Å². The maximum absolute atomic E-state index is 13.0. The molecule has 0 radical (unpaired) electrons. The Balaban J connectivity index is 1.84. The number of aromatic nitrogens is 1. The van der Waals surface area contributed by atoms with Gasteiger partial charge in [0.25, 0.3) is 5.91 Å². The number of thioether (sulfide) groups is 1. The lowest BCUT2D eigenvalue weighted by atomic mass is 10.0. The van der Waals surface area contributed by atoms with Gasteiger partial charge in [-0.15, -0.1) is 11.3 Å². The number of thiophene rings is 1. The molecule has 0 fully saturated rings. The molecule has 4 nitrogen and oxygen atoms in total. The molecule has 0 aromatic carbocycles. The minimum absolute atomic E-state index is 0.174. The predicted molar refractivity (Wildman–Crippen MR) is 93.7 cm³/mol. The van der Waals surface area contributed by atoms with Gasteiger partial charge in [-0.25, -0.2) is 9.98 Å². The van der Waals surface area contributed by atoms with Gasteiger partial charge in [0.1, 0.15) is 16.0 Å². The van der Waals surface area contributed by atoms with Crippen LogP contribution in [0, 0.1) is 6.92 Å². The summed E-state index contributed by atoms with van der Waals surface area (Å²) in [6.45, 7) is 1.57. The van der Waals surface area contributed by atoms with Gasteiger partial charge in [-0.05, 0) is 40.5 Å². The lowest BCUT2D eigenvalue weighted by molar-refractivity contribution is -0.141. The van der Waals surface area contributed by atoms with Crippen LogP contribution in [0.5, 0.6) is 0 Å². The summed E-state index contributed by atoms with van der Waals surface area (Å²) in [5.41, 5.74) is 0.358. The van der Waals surface area contributed by atoms with Crippen LogP contribution in [0.15, 0.2) is 37.0 Å². The molecular formula is C15H7BrF3N3OS2. The van der Waals surface area contributed by atoms with Crippen molar-refractivity contribution < 1.29 is 18.0 Å². The van der Waals surface area contributed by atoms with Crippen molar-refractivity contribution in [2.75, 3.05) is 0 Å². The molecule has 1 atom stereocenters. The highest BCUT2D eigenvalue weighted by Gasteiger charge is 2.42. The number of carbonyl (C=O) groups excluding carboxylic acids is 1. The average molecular weight is 446 g/mol. The molecule has 0 saturated carbocycles. The van der Waals surface area contributed by atoms with E-state index in [1.54, 1.807) is 13.0 Å². The van der Waals surface area contributed by atoms with Gasteiger partial charge in [0.05, 0.1) is 10.6 Å². The van der Waals surface area contributed by atoms with Gasteiger partial charge in [0.15, 0.2) is 5.84 Å². The zero-order chi connectivity index (χ0) is 17.9. The Morgan fingerprint density at radius 1 is 1.24 bits per heavy atom. The summed E-state index contributed by atoms with van der Waals surface area (Å²) in [5, 5.41) is 1.28. The molecule has 0 aliphatic carbocycles. The number of hydrogen-bond donors (Lipinski definition) is 0. The van der Waals surface area contributed by atoms with Gasteiger partial charge in [0, 0.05) is 15.4 Å². The summed E-state index contributed by atoms with van der Waals surface area (Å²) in [6.07, 6.45) is -4.54. The Morgan fingerprint density at radius 3 is 2.64 bits per heavy atom. The smallest absolute Gasteiger partial charge is 0.271 e.